The van der Waals surface area contributed by atoms with Gasteiger partial charge >= 0.3 is 134 Å². The third-order valence-corrected chi connectivity index (χ3v) is 11.1. The van der Waals surface area contributed by atoms with Crippen LogP contribution in [0.25, 0.3) is 0 Å². The number of aryl methyl sites for hydroxylation is 1. The second kappa shape index (κ2) is 6.49. The maximum absolute atomic E-state index is 4.82. The molecule has 0 aliphatic carbocycles. The van der Waals surface area contributed by atoms with Gasteiger partial charge in [0.1, 0.15) is 0 Å². The Morgan fingerprint density at radius 2 is 1.85 bits per heavy atom. The molecule has 0 unspecified atom stereocenters. The molecule has 1 saturated heterocycles. The van der Waals surface area contributed by atoms with E-state index in [4.69, 9.17) is 5.10 Å². The van der Waals surface area contributed by atoms with Crippen LogP contribution in [0.1, 0.15) is 32.7 Å². The summed E-state index contributed by atoms with van der Waals surface area (Å²) in [6.07, 6.45) is 1.47. The van der Waals surface area contributed by atoms with Crippen LogP contribution in [0.5, 0.6) is 0 Å². The summed E-state index contributed by atoms with van der Waals surface area (Å²) in [7, 11) is 0. The van der Waals surface area contributed by atoms with Crippen molar-refractivity contribution >= 4 is 29.9 Å². The van der Waals surface area contributed by atoms with Gasteiger partial charge in [0.15, 0.2) is 0 Å². The molecular weight excluding hydrogens is 378 g/mol. The van der Waals surface area contributed by atoms with E-state index in [1.165, 1.54) is 34.0 Å². The first-order chi connectivity index (χ1) is 9.75. The van der Waals surface area contributed by atoms with Crippen LogP contribution in [0.4, 0.5) is 0 Å². The van der Waals surface area contributed by atoms with Crippen LogP contribution in [0.15, 0.2) is 30.3 Å². The Labute approximate surface area is 133 Å². The fraction of sp³-hybridized carbons (Fsp3) is 0.438. The second-order valence-electron chi connectivity index (χ2n) is 5.15. The molecule has 106 valence electrons. The quantitative estimate of drug-likeness (QED) is 0.727. The van der Waals surface area contributed by atoms with Crippen LogP contribution >= 0.6 is 0 Å². The average Bonchev–Trinajstić information content (AvgIpc) is 2.75. The molecule has 2 heterocycles. The third-order valence-electron chi connectivity index (χ3n) is 3.68. The summed E-state index contributed by atoms with van der Waals surface area (Å²) in [6.45, 7) is 5.36. The molecule has 0 atom stereocenters. The first kappa shape index (κ1) is 14.4. The van der Waals surface area contributed by atoms with Crippen LogP contribution in [0.2, 0.25) is 10.6 Å². The Morgan fingerprint density at radius 1 is 1.15 bits per heavy atom. The van der Waals surface area contributed by atoms with E-state index in [1.807, 2.05) is 0 Å². The molecule has 0 bridgehead atoms. The van der Waals surface area contributed by atoms with Crippen molar-refractivity contribution in [3.05, 3.63) is 52.8 Å². The molecule has 0 radical (unpaired) electrons. The SMILES string of the molecule is Cc1nn(Cc2ccccc2)c(C)c1C1[Se]CCC[Se]1. The molecule has 2 aromatic rings. The van der Waals surface area contributed by atoms with E-state index in [9.17, 15) is 0 Å². The Hall–Kier alpha value is -0.531. The number of nitrogens with zero attached hydrogens (tertiary/aromatic N) is 2. The van der Waals surface area contributed by atoms with E-state index in [1.54, 1.807) is 5.56 Å². The molecule has 0 amide bonds. The zero-order chi connectivity index (χ0) is 13.9. The summed E-state index contributed by atoms with van der Waals surface area (Å²) in [5, 5.41) is 7.74. The molecule has 0 spiro atoms. The van der Waals surface area contributed by atoms with Gasteiger partial charge in [0.2, 0.25) is 0 Å². The zero-order valence-corrected chi connectivity index (χ0v) is 15.4. The predicted octanol–water partition coefficient (Wildman–Crippen LogP) is 3.20. The first-order valence-electron chi connectivity index (χ1n) is 7.07. The van der Waals surface area contributed by atoms with E-state index < -0.39 is 0 Å². The number of benzene rings is 1. The summed E-state index contributed by atoms with van der Waals surface area (Å²) >= 11 is 1.60. The van der Waals surface area contributed by atoms with Crippen molar-refractivity contribution in [3.8, 4) is 0 Å². The zero-order valence-electron chi connectivity index (χ0n) is 12.0. The standard InChI is InChI=1S/C16H20N2Se2/c1-12-15(16-19-9-6-10-20-16)13(2)18(17-12)11-14-7-4-3-5-8-14/h3-5,7-8,16H,6,9-11H2,1-2H3. The number of rotatable bonds is 3. The minimum absolute atomic E-state index is 0.800. The van der Waals surface area contributed by atoms with Crippen molar-refractivity contribution in [1.29, 1.82) is 0 Å². The fourth-order valence-electron chi connectivity index (χ4n) is 2.62. The molecule has 2 nitrogen and oxygen atoms in total. The average molecular weight is 398 g/mol. The first-order valence-corrected chi connectivity index (χ1v) is 11.5. The maximum atomic E-state index is 4.82. The van der Waals surface area contributed by atoms with Crippen molar-refractivity contribution in [2.24, 2.45) is 0 Å². The Bertz CT molecular complexity index is 572. The van der Waals surface area contributed by atoms with E-state index >= 15 is 0 Å². The van der Waals surface area contributed by atoms with Gasteiger partial charge in [-0.25, -0.2) is 0 Å². The van der Waals surface area contributed by atoms with Crippen molar-refractivity contribution in [2.75, 3.05) is 0 Å². The second-order valence-corrected chi connectivity index (χ2v) is 11.8. The van der Waals surface area contributed by atoms with Gasteiger partial charge in [0.25, 0.3) is 0 Å². The normalized spacial score (nSPS) is 16.5. The number of hydrogen-bond acceptors (Lipinski definition) is 1. The van der Waals surface area contributed by atoms with E-state index in [-0.39, 0.29) is 0 Å². The Kier molecular flexibility index (Phi) is 4.68. The summed E-state index contributed by atoms with van der Waals surface area (Å²) in [6, 6.07) is 10.7. The summed E-state index contributed by atoms with van der Waals surface area (Å²) in [5.74, 6) is 0. The monoisotopic (exact) mass is 400 g/mol. The predicted molar refractivity (Wildman–Crippen MR) is 85.7 cm³/mol. The van der Waals surface area contributed by atoms with Gasteiger partial charge in [-0.3, -0.25) is 0 Å². The van der Waals surface area contributed by atoms with Crippen LogP contribution in [0, 0.1) is 13.8 Å². The minimum atomic E-state index is 0.800. The van der Waals surface area contributed by atoms with Gasteiger partial charge in [0.05, 0.1) is 0 Å². The molecule has 1 aliphatic rings. The third kappa shape index (κ3) is 3.04. The fourth-order valence-corrected chi connectivity index (χ4v) is 11.2. The van der Waals surface area contributed by atoms with Crippen LogP contribution < -0.4 is 0 Å². The van der Waals surface area contributed by atoms with E-state index in [0.29, 0.717) is 0 Å². The topological polar surface area (TPSA) is 17.8 Å². The van der Waals surface area contributed by atoms with Crippen LogP contribution in [-0.2, 0) is 6.54 Å². The molecule has 1 fully saturated rings. The van der Waals surface area contributed by atoms with Gasteiger partial charge in [-0.05, 0) is 0 Å². The Balaban J connectivity index is 1.86. The summed E-state index contributed by atoms with van der Waals surface area (Å²) in [4.78, 5) is 0. The van der Waals surface area contributed by atoms with Crippen molar-refractivity contribution < 1.29 is 0 Å². The number of aromatic nitrogens is 2. The summed E-state index contributed by atoms with van der Waals surface area (Å²) < 4.78 is 3.08. The number of hydrogen-bond donors (Lipinski definition) is 0. The van der Waals surface area contributed by atoms with Gasteiger partial charge < -0.3 is 0 Å². The Morgan fingerprint density at radius 3 is 2.55 bits per heavy atom. The van der Waals surface area contributed by atoms with Crippen LogP contribution in [0.3, 0.4) is 0 Å². The van der Waals surface area contributed by atoms with E-state index in [0.717, 1.165) is 40.2 Å². The molecule has 0 saturated carbocycles. The van der Waals surface area contributed by atoms with Crippen LogP contribution in [-0.4, -0.2) is 39.7 Å². The molecule has 0 N–H and O–H groups in total. The van der Waals surface area contributed by atoms with Gasteiger partial charge in [0, 0.05) is 0 Å². The molecule has 1 aromatic heterocycles. The van der Waals surface area contributed by atoms with E-state index in [2.05, 4.69) is 48.9 Å². The molecular formula is C16H20N2Se2. The molecule has 3 rings (SSSR count). The van der Waals surface area contributed by atoms with Gasteiger partial charge in [-0.1, -0.05) is 0 Å². The van der Waals surface area contributed by atoms with Crippen molar-refractivity contribution in [3.63, 3.8) is 0 Å². The molecule has 1 aliphatic heterocycles. The molecule has 1 aromatic carbocycles. The molecule has 4 heteroatoms. The molecule has 20 heavy (non-hydrogen) atoms. The van der Waals surface area contributed by atoms with Crippen molar-refractivity contribution in [2.45, 2.75) is 41.2 Å². The summed E-state index contributed by atoms with van der Waals surface area (Å²) in [5.41, 5.74) is 5.60. The van der Waals surface area contributed by atoms with Gasteiger partial charge in [-0.2, -0.15) is 0 Å². The van der Waals surface area contributed by atoms with Crippen molar-refractivity contribution in [1.82, 2.24) is 9.78 Å². The van der Waals surface area contributed by atoms with Gasteiger partial charge in [-0.15, -0.1) is 0 Å².